The number of aromatic carboxylic acids is 1. The van der Waals surface area contributed by atoms with Gasteiger partial charge in [0.05, 0.1) is 21.5 Å². The fraction of sp³-hybridized carbons (Fsp3) is 0.0769. The van der Waals surface area contributed by atoms with Crippen LogP contribution in [0.4, 0.5) is 11.1 Å². The Labute approximate surface area is 118 Å². The first-order chi connectivity index (χ1) is 9.63. The van der Waals surface area contributed by atoms with E-state index in [-0.39, 0.29) is 5.56 Å². The minimum atomic E-state index is -1.03. The maximum atomic E-state index is 10.9. The van der Waals surface area contributed by atoms with E-state index >= 15 is 0 Å². The lowest BCUT2D eigenvalue weighted by Crippen LogP contribution is -2.05. The lowest BCUT2D eigenvalue weighted by molar-refractivity contribution is 0.0695. The van der Waals surface area contributed by atoms with Gasteiger partial charge in [-0.3, -0.25) is 0 Å². The van der Waals surface area contributed by atoms with Crippen LogP contribution < -0.4 is 5.32 Å². The molecule has 0 amide bonds. The summed E-state index contributed by atoms with van der Waals surface area (Å²) < 4.78 is 1.06. The zero-order valence-electron chi connectivity index (χ0n) is 10.5. The number of nitrogens with zero attached hydrogens (tertiary/aromatic N) is 3. The molecule has 0 fully saturated rings. The van der Waals surface area contributed by atoms with Gasteiger partial charge >= 0.3 is 5.97 Å². The molecule has 1 aromatic carbocycles. The Morgan fingerprint density at radius 3 is 2.80 bits per heavy atom. The number of rotatable bonds is 3. The topological polar surface area (TPSA) is 88.0 Å². The molecule has 0 spiro atoms. The van der Waals surface area contributed by atoms with Crippen LogP contribution in [-0.4, -0.2) is 26.0 Å². The molecule has 0 aliphatic heterocycles. The van der Waals surface area contributed by atoms with E-state index in [1.807, 2.05) is 24.3 Å². The summed E-state index contributed by atoms with van der Waals surface area (Å²) in [6.45, 7) is 1.63. The highest BCUT2D eigenvalue weighted by Gasteiger charge is 2.11. The summed E-state index contributed by atoms with van der Waals surface area (Å²) in [6, 6.07) is 7.79. The van der Waals surface area contributed by atoms with Gasteiger partial charge in [0.15, 0.2) is 5.13 Å². The van der Waals surface area contributed by atoms with Crippen molar-refractivity contribution in [3.63, 3.8) is 0 Å². The minimum absolute atomic E-state index is 0.0971. The van der Waals surface area contributed by atoms with Crippen LogP contribution >= 0.6 is 11.3 Å². The third-order valence-electron chi connectivity index (χ3n) is 2.72. The zero-order chi connectivity index (χ0) is 14.1. The van der Waals surface area contributed by atoms with E-state index in [1.165, 1.54) is 17.5 Å². The molecule has 0 radical (unpaired) electrons. The van der Waals surface area contributed by atoms with Crippen molar-refractivity contribution >= 4 is 38.6 Å². The fourth-order valence-electron chi connectivity index (χ4n) is 1.76. The third kappa shape index (κ3) is 2.30. The molecular formula is C13H10N4O2S. The lowest BCUT2D eigenvalue weighted by atomic mass is 10.2. The van der Waals surface area contributed by atoms with E-state index in [2.05, 4.69) is 20.3 Å². The number of carboxylic acids is 1. The molecule has 20 heavy (non-hydrogen) atoms. The summed E-state index contributed by atoms with van der Waals surface area (Å²) in [5, 5.41) is 12.6. The van der Waals surface area contributed by atoms with Crippen LogP contribution in [0, 0.1) is 6.92 Å². The summed E-state index contributed by atoms with van der Waals surface area (Å²) in [4.78, 5) is 23.4. The summed E-state index contributed by atoms with van der Waals surface area (Å²) in [5.41, 5.74) is 1.41. The van der Waals surface area contributed by atoms with Crippen LogP contribution in [0.3, 0.4) is 0 Å². The Morgan fingerprint density at radius 1 is 1.30 bits per heavy atom. The van der Waals surface area contributed by atoms with E-state index in [4.69, 9.17) is 5.11 Å². The van der Waals surface area contributed by atoms with Crippen LogP contribution in [0.2, 0.25) is 0 Å². The molecule has 100 valence electrons. The molecule has 0 unspecified atom stereocenters. The van der Waals surface area contributed by atoms with Gasteiger partial charge in [-0.15, -0.1) is 0 Å². The van der Waals surface area contributed by atoms with E-state index in [1.54, 1.807) is 6.92 Å². The number of para-hydroxylation sites is 1. The maximum Gasteiger partial charge on any atom is 0.339 e. The van der Waals surface area contributed by atoms with E-state index in [0.717, 1.165) is 10.2 Å². The second-order valence-electron chi connectivity index (χ2n) is 4.11. The first-order valence-corrected chi connectivity index (χ1v) is 6.64. The molecule has 0 bridgehead atoms. The van der Waals surface area contributed by atoms with Gasteiger partial charge in [-0.1, -0.05) is 23.5 Å². The van der Waals surface area contributed by atoms with Crippen molar-refractivity contribution in [2.45, 2.75) is 6.92 Å². The molecule has 3 aromatic rings. The number of hydrogen-bond acceptors (Lipinski definition) is 6. The van der Waals surface area contributed by atoms with Gasteiger partial charge in [0.2, 0.25) is 5.95 Å². The molecule has 2 N–H and O–H groups in total. The summed E-state index contributed by atoms with van der Waals surface area (Å²) in [5.74, 6) is -0.694. The number of aryl methyl sites for hydroxylation is 1. The number of carbonyl (C=O) groups is 1. The van der Waals surface area contributed by atoms with Crippen molar-refractivity contribution in [2.24, 2.45) is 0 Å². The molecule has 2 heterocycles. The maximum absolute atomic E-state index is 10.9. The SMILES string of the molecule is Cc1nc(Nc2nc3ccccc3s2)ncc1C(=O)O. The van der Waals surface area contributed by atoms with Crippen molar-refractivity contribution in [1.29, 1.82) is 0 Å². The highest BCUT2D eigenvalue weighted by Crippen LogP contribution is 2.27. The average molecular weight is 286 g/mol. The number of nitrogens with one attached hydrogen (secondary N) is 1. The average Bonchev–Trinajstić information content (AvgIpc) is 2.80. The first-order valence-electron chi connectivity index (χ1n) is 5.83. The van der Waals surface area contributed by atoms with Gasteiger partial charge in [-0.2, -0.15) is 0 Å². The first kappa shape index (κ1) is 12.5. The fourth-order valence-corrected chi connectivity index (χ4v) is 2.62. The van der Waals surface area contributed by atoms with Gasteiger partial charge < -0.3 is 10.4 Å². The van der Waals surface area contributed by atoms with Crippen molar-refractivity contribution in [1.82, 2.24) is 15.0 Å². The Morgan fingerprint density at radius 2 is 2.10 bits per heavy atom. The normalized spacial score (nSPS) is 10.7. The Kier molecular flexibility index (Phi) is 3.03. The van der Waals surface area contributed by atoms with Gasteiger partial charge in [0.25, 0.3) is 0 Å². The molecule has 6 nitrogen and oxygen atoms in total. The molecule has 3 rings (SSSR count). The summed E-state index contributed by atoms with van der Waals surface area (Å²) >= 11 is 1.49. The Balaban J connectivity index is 1.90. The monoisotopic (exact) mass is 286 g/mol. The number of hydrogen-bond donors (Lipinski definition) is 2. The largest absolute Gasteiger partial charge is 0.478 e. The molecule has 0 saturated carbocycles. The quantitative estimate of drug-likeness (QED) is 0.769. The van der Waals surface area contributed by atoms with Crippen molar-refractivity contribution < 1.29 is 9.90 Å². The van der Waals surface area contributed by atoms with Crippen molar-refractivity contribution in [3.8, 4) is 0 Å². The smallest absolute Gasteiger partial charge is 0.339 e. The summed E-state index contributed by atoms with van der Waals surface area (Å²) in [7, 11) is 0. The highest BCUT2D eigenvalue weighted by atomic mass is 32.1. The number of fused-ring (bicyclic) bond motifs is 1. The molecule has 0 aliphatic carbocycles. The molecule has 0 saturated heterocycles. The van der Waals surface area contributed by atoms with Gasteiger partial charge in [0.1, 0.15) is 0 Å². The zero-order valence-corrected chi connectivity index (χ0v) is 11.3. The van der Waals surface area contributed by atoms with Gasteiger partial charge in [0, 0.05) is 6.20 Å². The molecular weight excluding hydrogens is 276 g/mol. The van der Waals surface area contributed by atoms with Gasteiger partial charge in [-0.05, 0) is 19.1 Å². The molecule has 2 aromatic heterocycles. The van der Waals surface area contributed by atoms with Crippen LogP contribution in [0.5, 0.6) is 0 Å². The van der Waals surface area contributed by atoms with E-state index in [9.17, 15) is 4.79 Å². The predicted octanol–water partition coefficient (Wildman–Crippen LogP) is 2.84. The number of anilines is 2. The number of aromatic nitrogens is 3. The van der Waals surface area contributed by atoms with Crippen molar-refractivity contribution in [3.05, 3.63) is 41.7 Å². The number of thiazole rings is 1. The lowest BCUT2D eigenvalue weighted by Gasteiger charge is -2.03. The van der Waals surface area contributed by atoms with E-state index < -0.39 is 5.97 Å². The van der Waals surface area contributed by atoms with Crippen LogP contribution in [0.15, 0.2) is 30.5 Å². The number of benzene rings is 1. The minimum Gasteiger partial charge on any atom is -0.478 e. The molecule has 0 atom stereocenters. The van der Waals surface area contributed by atoms with E-state index in [0.29, 0.717) is 16.8 Å². The highest BCUT2D eigenvalue weighted by molar-refractivity contribution is 7.22. The standard InChI is InChI=1S/C13H10N4O2S/c1-7-8(11(18)19)6-14-12(15-7)17-13-16-9-4-2-3-5-10(9)20-13/h2-6H,1H3,(H,18,19)(H,14,15,16,17). The Bertz CT molecular complexity index is 767. The third-order valence-corrected chi connectivity index (χ3v) is 3.67. The molecule has 0 aliphatic rings. The second kappa shape index (κ2) is 4.86. The van der Waals surface area contributed by atoms with Crippen LogP contribution in [0.25, 0.3) is 10.2 Å². The predicted molar refractivity (Wildman–Crippen MR) is 76.6 cm³/mol. The van der Waals surface area contributed by atoms with Gasteiger partial charge in [-0.25, -0.2) is 19.7 Å². The van der Waals surface area contributed by atoms with Crippen molar-refractivity contribution in [2.75, 3.05) is 5.32 Å². The van der Waals surface area contributed by atoms with Crippen LogP contribution in [0.1, 0.15) is 16.1 Å². The Hall–Kier alpha value is -2.54. The number of carboxylic acid groups (broad SMARTS) is 1. The summed E-state index contributed by atoms with van der Waals surface area (Å²) in [6.07, 6.45) is 1.29. The second-order valence-corrected chi connectivity index (χ2v) is 5.14. The van der Waals surface area contributed by atoms with Crippen LogP contribution in [-0.2, 0) is 0 Å². The molecule has 7 heteroatoms.